The summed E-state index contributed by atoms with van der Waals surface area (Å²) in [6, 6.07) is 8.03. The molecule has 0 spiro atoms. The van der Waals surface area contributed by atoms with Crippen LogP contribution in [0.3, 0.4) is 0 Å². The van der Waals surface area contributed by atoms with Gasteiger partial charge in [-0.25, -0.2) is 0 Å². The van der Waals surface area contributed by atoms with E-state index in [-0.39, 0.29) is 5.91 Å². The van der Waals surface area contributed by atoms with Gasteiger partial charge in [-0.15, -0.1) is 0 Å². The maximum absolute atomic E-state index is 11.8. The molecule has 0 aromatic heterocycles. The quantitative estimate of drug-likeness (QED) is 0.640. The topological polar surface area (TPSA) is 20.3 Å². The van der Waals surface area contributed by atoms with E-state index < -0.39 is 0 Å². The van der Waals surface area contributed by atoms with E-state index >= 15 is 0 Å². The van der Waals surface area contributed by atoms with Gasteiger partial charge >= 0.3 is 0 Å². The average Bonchev–Trinajstić information content (AvgIpc) is 2.44. The second-order valence-electron chi connectivity index (χ2n) is 3.80. The molecule has 2 nitrogen and oxygen atoms in total. The summed E-state index contributed by atoms with van der Waals surface area (Å²) in [4.78, 5) is 13.7. The van der Waals surface area contributed by atoms with Crippen LogP contribution in [0.15, 0.2) is 36.4 Å². The molecule has 1 heterocycles. The molecule has 2 heteroatoms. The Bertz CT molecular complexity index is 395. The number of nitrogens with zero attached hydrogens (tertiary/aromatic N) is 1. The number of hydrogen-bond acceptors (Lipinski definition) is 1. The van der Waals surface area contributed by atoms with E-state index in [1.54, 1.807) is 0 Å². The largest absolute Gasteiger partial charge is 0.312 e. The zero-order valence-electron chi connectivity index (χ0n) is 8.94. The van der Waals surface area contributed by atoms with Gasteiger partial charge in [-0.05, 0) is 25.0 Å². The minimum absolute atomic E-state index is 0.193. The molecule has 0 atom stereocenters. The summed E-state index contributed by atoms with van der Waals surface area (Å²) in [6.45, 7) is 2.83. The van der Waals surface area contributed by atoms with Gasteiger partial charge in [-0.1, -0.05) is 30.4 Å². The molecular formula is C13H15NO. The van der Waals surface area contributed by atoms with Crippen molar-refractivity contribution in [2.45, 2.75) is 19.8 Å². The number of hydrogen-bond donors (Lipinski definition) is 0. The highest BCUT2D eigenvalue weighted by Gasteiger charge is 2.16. The number of amides is 1. The Hall–Kier alpha value is -1.57. The van der Waals surface area contributed by atoms with Crippen molar-refractivity contribution in [3.8, 4) is 0 Å². The van der Waals surface area contributed by atoms with Crippen LogP contribution in [-0.4, -0.2) is 12.5 Å². The number of aryl methyl sites for hydroxylation is 1. The molecule has 1 aliphatic rings. The molecule has 0 bridgehead atoms. The first-order chi connectivity index (χ1) is 7.29. The third-order valence-corrected chi connectivity index (χ3v) is 2.69. The van der Waals surface area contributed by atoms with Gasteiger partial charge in [0.2, 0.25) is 5.91 Å². The molecule has 15 heavy (non-hydrogen) atoms. The van der Waals surface area contributed by atoms with E-state index in [0.29, 0.717) is 6.42 Å². The lowest BCUT2D eigenvalue weighted by atomic mass is 10.1. The van der Waals surface area contributed by atoms with Crippen LogP contribution in [0, 0.1) is 6.92 Å². The molecular weight excluding hydrogens is 186 g/mol. The summed E-state index contributed by atoms with van der Waals surface area (Å²) in [5, 5.41) is 0. The van der Waals surface area contributed by atoms with Gasteiger partial charge in [0.15, 0.2) is 0 Å². The van der Waals surface area contributed by atoms with Crippen LogP contribution in [0.2, 0.25) is 0 Å². The van der Waals surface area contributed by atoms with Crippen molar-refractivity contribution in [2.24, 2.45) is 0 Å². The lowest BCUT2D eigenvalue weighted by molar-refractivity contribution is -0.117. The van der Waals surface area contributed by atoms with Crippen LogP contribution in [-0.2, 0) is 4.79 Å². The molecule has 78 valence electrons. The highest BCUT2D eigenvalue weighted by Crippen LogP contribution is 2.21. The first-order valence-corrected chi connectivity index (χ1v) is 5.30. The molecule has 1 aromatic rings. The first kappa shape index (κ1) is 9.97. The van der Waals surface area contributed by atoms with Crippen molar-refractivity contribution in [1.82, 2.24) is 0 Å². The summed E-state index contributed by atoms with van der Waals surface area (Å²) in [6.07, 6.45) is 5.51. The molecule has 1 aliphatic heterocycles. The minimum Gasteiger partial charge on any atom is -0.312 e. The third kappa shape index (κ3) is 2.09. The Morgan fingerprint density at radius 3 is 2.80 bits per heavy atom. The Morgan fingerprint density at radius 1 is 1.20 bits per heavy atom. The molecule has 0 saturated heterocycles. The zero-order valence-corrected chi connectivity index (χ0v) is 8.94. The fraction of sp³-hybridized carbons (Fsp3) is 0.308. The van der Waals surface area contributed by atoms with E-state index in [4.69, 9.17) is 0 Å². The van der Waals surface area contributed by atoms with Crippen LogP contribution in [0.5, 0.6) is 0 Å². The number of carbonyl (C=O) groups excluding carboxylic acids is 1. The molecule has 1 aromatic carbocycles. The number of para-hydroxylation sites is 1. The molecule has 0 fully saturated rings. The van der Waals surface area contributed by atoms with Crippen LogP contribution in [0.25, 0.3) is 0 Å². The average molecular weight is 201 g/mol. The van der Waals surface area contributed by atoms with Crippen LogP contribution >= 0.6 is 0 Å². The fourth-order valence-corrected chi connectivity index (χ4v) is 1.86. The summed E-state index contributed by atoms with van der Waals surface area (Å²) in [5.74, 6) is 0.193. The summed E-state index contributed by atoms with van der Waals surface area (Å²) < 4.78 is 0. The summed E-state index contributed by atoms with van der Waals surface area (Å²) >= 11 is 0. The third-order valence-electron chi connectivity index (χ3n) is 2.69. The Labute approximate surface area is 90.2 Å². The Morgan fingerprint density at radius 2 is 2.00 bits per heavy atom. The summed E-state index contributed by atoms with van der Waals surface area (Å²) in [5.41, 5.74) is 2.21. The van der Waals surface area contributed by atoms with Crippen molar-refractivity contribution in [2.75, 3.05) is 11.4 Å². The number of benzene rings is 1. The number of rotatable bonds is 1. The lowest BCUT2D eigenvalue weighted by Crippen LogP contribution is -2.30. The zero-order chi connectivity index (χ0) is 10.7. The van der Waals surface area contributed by atoms with E-state index in [9.17, 15) is 4.79 Å². The first-order valence-electron chi connectivity index (χ1n) is 5.30. The maximum atomic E-state index is 11.8. The van der Waals surface area contributed by atoms with Gasteiger partial charge < -0.3 is 4.90 Å². The number of anilines is 1. The Kier molecular flexibility index (Phi) is 2.86. The van der Waals surface area contributed by atoms with Gasteiger partial charge in [0.05, 0.1) is 0 Å². The van der Waals surface area contributed by atoms with E-state index in [1.165, 1.54) is 0 Å². The van der Waals surface area contributed by atoms with Crippen LogP contribution in [0.4, 0.5) is 5.69 Å². The highest BCUT2D eigenvalue weighted by molar-refractivity contribution is 5.95. The second kappa shape index (κ2) is 4.30. The molecule has 2 rings (SSSR count). The molecule has 0 radical (unpaired) electrons. The monoisotopic (exact) mass is 201 g/mol. The standard InChI is InChI=1S/C13H15NO/c1-11-7-4-5-8-12(11)14-10-6-2-3-9-13(14)15/h2-5,7-8H,6,9-10H2,1H3. The van der Waals surface area contributed by atoms with Crippen molar-refractivity contribution >= 4 is 11.6 Å². The van der Waals surface area contributed by atoms with Crippen LogP contribution in [0.1, 0.15) is 18.4 Å². The van der Waals surface area contributed by atoms with E-state index in [1.807, 2.05) is 42.2 Å². The van der Waals surface area contributed by atoms with Crippen LogP contribution < -0.4 is 4.90 Å². The van der Waals surface area contributed by atoms with Gasteiger partial charge in [0.25, 0.3) is 0 Å². The van der Waals surface area contributed by atoms with Crippen molar-refractivity contribution in [3.05, 3.63) is 42.0 Å². The SMILES string of the molecule is Cc1ccccc1N1CCC=CCC1=O. The van der Waals surface area contributed by atoms with Gasteiger partial charge in [0.1, 0.15) is 0 Å². The van der Waals surface area contributed by atoms with Gasteiger partial charge in [-0.2, -0.15) is 0 Å². The van der Waals surface area contributed by atoms with Gasteiger partial charge in [0, 0.05) is 18.7 Å². The van der Waals surface area contributed by atoms with Crippen molar-refractivity contribution in [3.63, 3.8) is 0 Å². The fourth-order valence-electron chi connectivity index (χ4n) is 1.86. The smallest absolute Gasteiger partial charge is 0.230 e. The molecule has 0 N–H and O–H groups in total. The lowest BCUT2D eigenvalue weighted by Gasteiger charge is -2.22. The Balaban J connectivity index is 2.30. The molecule has 0 aliphatic carbocycles. The maximum Gasteiger partial charge on any atom is 0.230 e. The van der Waals surface area contributed by atoms with E-state index in [2.05, 4.69) is 6.08 Å². The predicted octanol–water partition coefficient (Wildman–Crippen LogP) is 2.68. The predicted molar refractivity (Wildman–Crippen MR) is 61.9 cm³/mol. The molecule has 0 saturated carbocycles. The van der Waals surface area contributed by atoms with E-state index in [0.717, 1.165) is 24.2 Å². The normalized spacial score (nSPS) is 16.6. The van der Waals surface area contributed by atoms with Crippen molar-refractivity contribution < 1.29 is 4.79 Å². The second-order valence-corrected chi connectivity index (χ2v) is 3.80. The molecule has 1 amide bonds. The summed E-state index contributed by atoms with van der Waals surface area (Å²) in [7, 11) is 0. The van der Waals surface area contributed by atoms with Gasteiger partial charge in [-0.3, -0.25) is 4.79 Å². The highest BCUT2D eigenvalue weighted by atomic mass is 16.2. The minimum atomic E-state index is 0.193. The van der Waals surface area contributed by atoms with Crippen molar-refractivity contribution in [1.29, 1.82) is 0 Å². The molecule has 0 unspecified atom stereocenters. The number of carbonyl (C=O) groups is 1.